The maximum atomic E-state index is 13.8. The molecule has 1 heterocycles. The van der Waals surface area contributed by atoms with Gasteiger partial charge in [-0.2, -0.15) is 0 Å². The van der Waals surface area contributed by atoms with E-state index in [-0.39, 0.29) is 29.6 Å². The van der Waals surface area contributed by atoms with Crippen LogP contribution < -0.4 is 5.32 Å². The Labute approximate surface area is 205 Å². The summed E-state index contributed by atoms with van der Waals surface area (Å²) in [5.74, 6) is -1.05. The van der Waals surface area contributed by atoms with Crippen LogP contribution in [0.25, 0.3) is 0 Å². The molecule has 0 bridgehead atoms. The molecule has 1 aliphatic carbocycles. The zero-order valence-electron chi connectivity index (χ0n) is 19.9. The molecule has 4 rings (SSSR count). The molecular weight excluding hydrogens is 443 g/mol. The van der Waals surface area contributed by atoms with Gasteiger partial charge in [0.15, 0.2) is 5.78 Å². The van der Waals surface area contributed by atoms with E-state index in [1.54, 1.807) is 25.4 Å². The smallest absolute Gasteiger partial charge is 0.227 e. The summed E-state index contributed by atoms with van der Waals surface area (Å²) in [6.45, 7) is 1.67. The third-order valence-electron chi connectivity index (χ3n) is 6.91. The summed E-state index contributed by atoms with van der Waals surface area (Å²) in [7, 11) is 0. The Morgan fingerprint density at radius 3 is 2.57 bits per heavy atom. The monoisotopic (exact) mass is 474 g/mol. The van der Waals surface area contributed by atoms with Crippen molar-refractivity contribution in [3.8, 4) is 0 Å². The highest BCUT2D eigenvalue weighted by atomic mass is 19.1. The number of ketones is 1. The van der Waals surface area contributed by atoms with Crippen LogP contribution in [0, 0.1) is 23.6 Å². The number of aromatic nitrogens is 1. The van der Waals surface area contributed by atoms with E-state index in [1.807, 2.05) is 36.4 Å². The van der Waals surface area contributed by atoms with Gasteiger partial charge in [-0.25, -0.2) is 4.39 Å². The molecule has 0 saturated heterocycles. The van der Waals surface area contributed by atoms with Gasteiger partial charge in [0.25, 0.3) is 0 Å². The third kappa shape index (κ3) is 6.40. The van der Waals surface area contributed by atoms with E-state index >= 15 is 0 Å². The molecule has 1 aliphatic rings. The van der Waals surface area contributed by atoms with Crippen LogP contribution in [0.15, 0.2) is 73.1 Å². The number of amides is 1. The number of aliphatic hydroxyl groups is 1. The van der Waals surface area contributed by atoms with Crippen molar-refractivity contribution in [3.63, 3.8) is 0 Å². The predicted octanol–water partition coefficient (Wildman–Crippen LogP) is 5.76. The largest absolute Gasteiger partial charge is 0.388 e. The molecule has 2 aromatic carbocycles. The van der Waals surface area contributed by atoms with Gasteiger partial charge in [0.2, 0.25) is 5.91 Å². The van der Waals surface area contributed by atoms with Crippen molar-refractivity contribution in [1.82, 2.24) is 4.98 Å². The summed E-state index contributed by atoms with van der Waals surface area (Å²) in [4.78, 5) is 29.0. The number of hydrogen-bond acceptors (Lipinski definition) is 4. The third-order valence-corrected chi connectivity index (χ3v) is 6.91. The van der Waals surface area contributed by atoms with Gasteiger partial charge < -0.3 is 10.4 Å². The molecule has 35 heavy (non-hydrogen) atoms. The number of halogens is 1. The van der Waals surface area contributed by atoms with Crippen LogP contribution in [0.5, 0.6) is 0 Å². The first kappa shape index (κ1) is 24.7. The predicted molar refractivity (Wildman–Crippen MR) is 133 cm³/mol. The van der Waals surface area contributed by atoms with Crippen LogP contribution in [0.1, 0.15) is 60.2 Å². The average Bonchev–Trinajstić information content (AvgIpc) is 3.34. The van der Waals surface area contributed by atoms with E-state index in [0.717, 1.165) is 31.2 Å². The van der Waals surface area contributed by atoms with Gasteiger partial charge in [-0.05, 0) is 79.0 Å². The number of nitrogens with one attached hydrogen (secondary N) is 1. The molecule has 6 heteroatoms. The quantitative estimate of drug-likeness (QED) is 0.387. The van der Waals surface area contributed by atoms with Gasteiger partial charge >= 0.3 is 0 Å². The Bertz CT molecular complexity index is 1150. The van der Waals surface area contributed by atoms with Crippen LogP contribution in [0.2, 0.25) is 0 Å². The maximum Gasteiger partial charge on any atom is 0.227 e. The fourth-order valence-electron chi connectivity index (χ4n) is 4.90. The molecule has 0 aliphatic heterocycles. The van der Waals surface area contributed by atoms with Gasteiger partial charge in [-0.1, -0.05) is 37.3 Å². The lowest BCUT2D eigenvalue weighted by Crippen LogP contribution is -2.23. The Morgan fingerprint density at radius 2 is 1.86 bits per heavy atom. The van der Waals surface area contributed by atoms with E-state index in [2.05, 4.69) is 10.3 Å². The second-order valence-electron chi connectivity index (χ2n) is 9.57. The molecule has 0 spiro atoms. The van der Waals surface area contributed by atoms with Crippen LogP contribution in [-0.4, -0.2) is 21.8 Å². The topological polar surface area (TPSA) is 79.3 Å². The first-order valence-corrected chi connectivity index (χ1v) is 12.2. The number of hydrogen-bond donors (Lipinski definition) is 2. The Hall–Kier alpha value is -3.38. The van der Waals surface area contributed by atoms with Gasteiger partial charge in [-0.15, -0.1) is 0 Å². The zero-order chi connectivity index (χ0) is 24.8. The fourth-order valence-corrected chi connectivity index (χ4v) is 4.90. The maximum absolute atomic E-state index is 13.8. The summed E-state index contributed by atoms with van der Waals surface area (Å²) in [6.07, 6.45) is 6.90. The van der Waals surface area contributed by atoms with Crippen molar-refractivity contribution in [2.24, 2.45) is 17.8 Å². The SMILES string of the molecule is C[C@H](CC(=O)c1ccccc1F)C(=O)Nc1ccc(C[C@@H]2CC[C@H]([C@H](O)c3cccnc3)C2)cc1. The molecule has 2 N–H and O–H groups in total. The lowest BCUT2D eigenvalue weighted by molar-refractivity contribution is -0.119. The summed E-state index contributed by atoms with van der Waals surface area (Å²) in [6, 6.07) is 17.4. The zero-order valence-corrected chi connectivity index (χ0v) is 19.9. The molecule has 182 valence electrons. The number of carbonyl (C=O) groups excluding carboxylic acids is 2. The number of Topliss-reactive ketones (excluding diaryl/α,β-unsaturated/α-hetero) is 1. The Balaban J connectivity index is 1.26. The van der Waals surface area contributed by atoms with Crippen molar-refractivity contribution in [2.75, 3.05) is 5.32 Å². The lowest BCUT2D eigenvalue weighted by Gasteiger charge is -2.18. The Morgan fingerprint density at radius 1 is 1.09 bits per heavy atom. The Kier molecular flexibility index (Phi) is 8.03. The first-order valence-electron chi connectivity index (χ1n) is 12.2. The number of nitrogens with zero attached hydrogens (tertiary/aromatic N) is 1. The normalized spacial score (nSPS) is 19.2. The number of benzene rings is 2. The van der Waals surface area contributed by atoms with Gasteiger partial charge in [-0.3, -0.25) is 14.6 Å². The standard InChI is InChI=1S/C29H31FN2O3/c1-19(15-27(33)25-6-2-3-7-26(25)30)29(35)32-24-12-9-20(10-13-24)16-21-8-11-22(17-21)28(34)23-5-4-14-31-18-23/h2-7,9-10,12-14,18-19,21-22,28,34H,8,11,15-17H2,1H3,(H,32,35)/t19-,21+,22+,28+/m1/s1. The number of anilines is 1. The molecule has 4 atom stereocenters. The molecule has 0 unspecified atom stereocenters. The van der Waals surface area contributed by atoms with Crippen molar-refractivity contribution in [2.45, 2.75) is 45.1 Å². The minimum absolute atomic E-state index is 0.0126. The van der Waals surface area contributed by atoms with Crippen molar-refractivity contribution in [3.05, 3.63) is 95.6 Å². The first-order chi connectivity index (χ1) is 16.9. The minimum atomic E-state index is -0.580. The molecule has 1 saturated carbocycles. The summed E-state index contributed by atoms with van der Waals surface area (Å²) < 4.78 is 13.8. The van der Waals surface area contributed by atoms with Crippen LogP contribution in [-0.2, 0) is 11.2 Å². The van der Waals surface area contributed by atoms with E-state index in [0.29, 0.717) is 11.6 Å². The van der Waals surface area contributed by atoms with E-state index in [1.165, 1.54) is 23.8 Å². The van der Waals surface area contributed by atoms with Crippen molar-refractivity contribution in [1.29, 1.82) is 0 Å². The lowest BCUT2D eigenvalue weighted by atomic mass is 9.92. The highest BCUT2D eigenvalue weighted by Gasteiger charge is 2.30. The van der Waals surface area contributed by atoms with Crippen LogP contribution >= 0.6 is 0 Å². The highest BCUT2D eigenvalue weighted by molar-refractivity contribution is 6.01. The van der Waals surface area contributed by atoms with E-state index < -0.39 is 17.8 Å². The molecule has 1 aromatic heterocycles. The summed E-state index contributed by atoms with van der Waals surface area (Å²) in [5.41, 5.74) is 2.74. The summed E-state index contributed by atoms with van der Waals surface area (Å²) in [5, 5.41) is 13.5. The number of pyridine rings is 1. The average molecular weight is 475 g/mol. The second kappa shape index (κ2) is 11.4. The minimum Gasteiger partial charge on any atom is -0.388 e. The molecular formula is C29H31FN2O3. The van der Waals surface area contributed by atoms with E-state index in [9.17, 15) is 19.1 Å². The number of rotatable bonds is 9. The molecule has 5 nitrogen and oxygen atoms in total. The van der Waals surface area contributed by atoms with Gasteiger partial charge in [0.1, 0.15) is 5.82 Å². The van der Waals surface area contributed by atoms with Gasteiger partial charge in [0.05, 0.1) is 11.7 Å². The highest BCUT2D eigenvalue weighted by Crippen LogP contribution is 2.40. The second-order valence-corrected chi connectivity index (χ2v) is 9.57. The number of carbonyl (C=O) groups is 2. The number of aliphatic hydroxyl groups excluding tert-OH is 1. The van der Waals surface area contributed by atoms with Crippen molar-refractivity contribution >= 4 is 17.4 Å². The van der Waals surface area contributed by atoms with Crippen LogP contribution in [0.3, 0.4) is 0 Å². The molecule has 3 aromatic rings. The van der Waals surface area contributed by atoms with Crippen LogP contribution in [0.4, 0.5) is 10.1 Å². The molecule has 0 radical (unpaired) electrons. The molecule has 1 amide bonds. The fraction of sp³-hybridized carbons (Fsp3) is 0.345. The van der Waals surface area contributed by atoms with E-state index in [4.69, 9.17) is 0 Å². The molecule has 1 fully saturated rings. The van der Waals surface area contributed by atoms with Gasteiger partial charge in [0, 0.05) is 30.4 Å². The summed E-state index contributed by atoms with van der Waals surface area (Å²) >= 11 is 0. The van der Waals surface area contributed by atoms with Crippen molar-refractivity contribution < 1.29 is 19.1 Å².